The van der Waals surface area contributed by atoms with Crippen molar-refractivity contribution in [1.29, 1.82) is 0 Å². The number of nitrogens with zero attached hydrogens (tertiary/aromatic N) is 1. The molecule has 0 bridgehead atoms. The number of rotatable bonds is 4. The van der Waals surface area contributed by atoms with E-state index in [1.165, 1.54) is 16.6 Å². The minimum Gasteiger partial charge on any atom is -0.235 e. The second kappa shape index (κ2) is 4.83. The molecule has 0 saturated carbocycles. The standard InChI is InChI=1S/C7H10ClNO2S3/c1-5-6(2)13-7(9-5)12-3-4-14(8,10)11/h3-4H2,1-2H3. The Kier molecular flexibility index (Phi) is 4.24. The van der Waals surface area contributed by atoms with E-state index >= 15 is 0 Å². The van der Waals surface area contributed by atoms with Crippen molar-refractivity contribution in [2.75, 3.05) is 11.5 Å². The molecule has 1 aromatic rings. The van der Waals surface area contributed by atoms with Crippen LogP contribution in [-0.2, 0) is 9.05 Å². The minimum atomic E-state index is -3.37. The van der Waals surface area contributed by atoms with E-state index in [-0.39, 0.29) is 5.75 Å². The highest BCUT2D eigenvalue weighted by atomic mass is 35.7. The maximum atomic E-state index is 10.6. The summed E-state index contributed by atoms with van der Waals surface area (Å²) in [5.74, 6) is 0.440. The van der Waals surface area contributed by atoms with Gasteiger partial charge in [-0.15, -0.1) is 11.3 Å². The molecule has 1 rings (SSSR count). The van der Waals surface area contributed by atoms with E-state index in [4.69, 9.17) is 10.7 Å². The molecule has 0 atom stereocenters. The summed E-state index contributed by atoms with van der Waals surface area (Å²) >= 11 is 3.00. The van der Waals surface area contributed by atoms with Gasteiger partial charge in [0.05, 0.1) is 11.4 Å². The third-order valence-corrected chi connectivity index (χ3v) is 5.19. The Balaban J connectivity index is 2.47. The van der Waals surface area contributed by atoms with Gasteiger partial charge in [0.1, 0.15) is 4.34 Å². The van der Waals surface area contributed by atoms with Crippen LogP contribution in [0.3, 0.4) is 0 Å². The zero-order valence-corrected chi connectivity index (χ0v) is 11.0. The van der Waals surface area contributed by atoms with Crippen LogP contribution in [0, 0.1) is 13.8 Å². The summed E-state index contributed by atoms with van der Waals surface area (Å²) in [5, 5.41) is 0. The number of aromatic nitrogens is 1. The van der Waals surface area contributed by atoms with Crippen LogP contribution in [0.25, 0.3) is 0 Å². The summed E-state index contributed by atoms with van der Waals surface area (Å²) in [4.78, 5) is 5.44. The van der Waals surface area contributed by atoms with Crippen molar-refractivity contribution in [3.05, 3.63) is 10.6 Å². The van der Waals surface area contributed by atoms with E-state index in [0.29, 0.717) is 5.75 Å². The minimum absolute atomic E-state index is 0.0170. The van der Waals surface area contributed by atoms with Crippen molar-refractivity contribution < 1.29 is 8.42 Å². The molecule has 0 aliphatic heterocycles. The van der Waals surface area contributed by atoms with Gasteiger partial charge in [0.2, 0.25) is 9.05 Å². The van der Waals surface area contributed by atoms with Crippen molar-refractivity contribution in [3.63, 3.8) is 0 Å². The maximum Gasteiger partial charge on any atom is 0.233 e. The summed E-state index contributed by atoms with van der Waals surface area (Å²) in [7, 11) is 1.71. The Labute approximate surface area is 96.3 Å². The molecule has 0 saturated heterocycles. The fraction of sp³-hybridized carbons (Fsp3) is 0.571. The Morgan fingerprint density at radius 2 is 2.14 bits per heavy atom. The van der Waals surface area contributed by atoms with Crippen molar-refractivity contribution in [2.24, 2.45) is 0 Å². The van der Waals surface area contributed by atoms with Gasteiger partial charge < -0.3 is 0 Å². The van der Waals surface area contributed by atoms with Crippen LogP contribution in [0.5, 0.6) is 0 Å². The second-order valence-corrected chi connectivity index (χ2v) is 8.15. The molecule has 14 heavy (non-hydrogen) atoms. The van der Waals surface area contributed by atoms with Crippen LogP contribution in [0.1, 0.15) is 10.6 Å². The molecule has 0 N–H and O–H groups in total. The van der Waals surface area contributed by atoms with Gasteiger partial charge in [-0.25, -0.2) is 13.4 Å². The number of thiazole rings is 1. The number of thioether (sulfide) groups is 1. The molecule has 0 amide bonds. The predicted octanol–water partition coefficient (Wildman–Crippen LogP) is 2.42. The molecule has 0 radical (unpaired) electrons. The second-order valence-electron chi connectivity index (χ2n) is 2.71. The lowest BCUT2D eigenvalue weighted by molar-refractivity contribution is 0.611. The molecule has 0 aromatic carbocycles. The first-order valence-electron chi connectivity index (χ1n) is 3.87. The number of halogens is 1. The number of hydrogen-bond donors (Lipinski definition) is 0. The van der Waals surface area contributed by atoms with E-state index in [9.17, 15) is 8.42 Å². The van der Waals surface area contributed by atoms with Crippen LogP contribution in [0.15, 0.2) is 4.34 Å². The Hall–Kier alpha value is 0.220. The van der Waals surface area contributed by atoms with Crippen LogP contribution in [0.4, 0.5) is 0 Å². The first-order chi connectivity index (χ1) is 6.38. The summed E-state index contributed by atoms with van der Waals surface area (Å²) in [6.45, 7) is 3.93. The first-order valence-corrected chi connectivity index (χ1v) is 8.16. The third-order valence-electron chi connectivity index (χ3n) is 1.56. The molecule has 0 spiro atoms. The van der Waals surface area contributed by atoms with Crippen LogP contribution in [-0.4, -0.2) is 24.9 Å². The Bertz CT molecular complexity index is 393. The normalized spacial score (nSPS) is 11.9. The molecule has 0 aliphatic carbocycles. The smallest absolute Gasteiger partial charge is 0.233 e. The Morgan fingerprint density at radius 3 is 2.57 bits per heavy atom. The zero-order valence-electron chi connectivity index (χ0n) is 7.78. The monoisotopic (exact) mass is 271 g/mol. The summed E-state index contributed by atoms with van der Waals surface area (Å²) in [6.07, 6.45) is 0. The first kappa shape index (κ1) is 12.3. The van der Waals surface area contributed by atoms with Gasteiger partial charge in [-0.1, -0.05) is 11.8 Å². The molecular formula is C7H10ClNO2S3. The van der Waals surface area contributed by atoms with E-state index in [2.05, 4.69) is 4.98 Å². The van der Waals surface area contributed by atoms with Crippen LogP contribution in [0.2, 0.25) is 0 Å². The molecule has 0 aliphatic rings. The van der Waals surface area contributed by atoms with Crippen molar-refractivity contribution >= 4 is 42.8 Å². The van der Waals surface area contributed by atoms with Crippen molar-refractivity contribution in [1.82, 2.24) is 4.98 Å². The van der Waals surface area contributed by atoms with E-state index < -0.39 is 9.05 Å². The predicted molar refractivity (Wildman–Crippen MR) is 62.0 cm³/mol. The molecule has 0 fully saturated rings. The fourth-order valence-electron chi connectivity index (χ4n) is 0.734. The summed E-state index contributed by atoms with van der Waals surface area (Å²) in [5.41, 5.74) is 1.01. The number of hydrogen-bond acceptors (Lipinski definition) is 5. The largest absolute Gasteiger partial charge is 0.235 e. The highest BCUT2D eigenvalue weighted by molar-refractivity contribution is 8.14. The van der Waals surface area contributed by atoms with Gasteiger partial charge in [-0.2, -0.15) is 0 Å². The van der Waals surface area contributed by atoms with Gasteiger partial charge in [-0.05, 0) is 13.8 Å². The average Bonchev–Trinajstić information content (AvgIpc) is 2.28. The van der Waals surface area contributed by atoms with Crippen LogP contribution >= 0.6 is 33.8 Å². The van der Waals surface area contributed by atoms with Crippen molar-refractivity contribution in [3.8, 4) is 0 Å². The maximum absolute atomic E-state index is 10.6. The SMILES string of the molecule is Cc1nc(SCCS(=O)(=O)Cl)sc1C. The quantitative estimate of drug-likeness (QED) is 0.623. The van der Waals surface area contributed by atoms with Gasteiger partial charge in [0.25, 0.3) is 0 Å². The van der Waals surface area contributed by atoms with E-state index in [1.807, 2.05) is 13.8 Å². The van der Waals surface area contributed by atoms with Gasteiger partial charge >= 0.3 is 0 Å². The molecular weight excluding hydrogens is 262 g/mol. The lowest BCUT2D eigenvalue weighted by atomic mass is 10.4. The molecule has 1 heterocycles. The fourth-order valence-corrected chi connectivity index (χ4v) is 4.30. The molecule has 80 valence electrons. The average molecular weight is 272 g/mol. The van der Waals surface area contributed by atoms with Crippen LogP contribution < -0.4 is 0 Å². The Morgan fingerprint density at radius 1 is 1.50 bits per heavy atom. The van der Waals surface area contributed by atoms with Gasteiger partial charge in [0.15, 0.2) is 0 Å². The lowest BCUT2D eigenvalue weighted by Gasteiger charge is -1.93. The summed E-state index contributed by atoms with van der Waals surface area (Å²) < 4.78 is 22.2. The molecule has 1 aromatic heterocycles. The topological polar surface area (TPSA) is 47.0 Å². The van der Waals surface area contributed by atoms with Crippen molar-refractivity contribution in [2.45, 2.75) is 18.2 Å². The van der Waals surface area contributed by atoms with E-state index in [0.717, 1.165) is 10.0 Å². The highest BCUT2D eigenvalue weighted by Crippen LogP contribution is 2.26. The van der Waals surface area contributed by atoms with E-state index in [1.54, 1.807) is 11.3 Å². The number of aryl methyl sites for hydroxylation is 2. The summed E-state index contributed by atoms with van der Waals surface area (Å²) in [6, 6.07) is 0. The van der Waals surface area contributed by atoms with Gasteiger partial charge in [-0.3, -0.25) is 0 Å². The zero-order chi connectivity index (χ0) is 10.8. The lowest BCUT2D eigenvalue weighted by Crippen LogP contribution is -1.99. The molecule has 7 heteroatoms. The molecule has 3 nitrogen and oxygen atoms in total. The highest BCUT2D eigenvalue weighted by Gasteiger charge is 2.08. The molecule has 0 unspecified atom stereocenters. The third kappa shape index (κ3) is 4.16. The van der Waals surface area contributed by atoms with Gasteiger partial charge in [0, 0.05) is 21.3 Å².